The van der Waals surface area contributed by atoms with Gasteiger partial charge in [0.15, 0.2) is 0 Å². The average Bonchev–Trinajstić information content (AvgIpc) is 2.78. The molecule has 1 aromatic rings. The van der Waals surface area contributed by atoms with Crippen LogP contribution >= 0.6 is 0 Å². The number of piperidine rings is 1. The van der Waals surface area contributed by atoms with Crippen molar-refractivity contribution in [2.75, 3.05) is 18.5 Å². The molecule has 1 aromatic heterocycles. The lowest BCUT2D eigenvalue weighted by atomic mass is 10.0. The number of nitrogens with one attached hydrogen (secondary N) is 1. The molecule has 4 nitrogen and oxygen atoms in total. The Morgan fingerprint density at radius 2 is 2.44 bits per heavy atom. The Bertz CT molecular complexity index is 324. The van der Waals surface area contributed by atoms with Crippen molar-refractivity contribution in [1.82, 2.24) is 10.3 Å². The molecule has 1 aliphatic heterocycles. The van der Waals surface area contributed by atoms with Crippen LogP contribution in [0.5, 0.6) is 0 Å². The van der Waals surface area contributed by atoms with Gasteiger partial charge in [-0.2, -0.15) is 4.98 Å². The molecule has 2 rings (SSSR count). The van der Waals surface area contributed by atoms with Gasteiger partial charge in [0.05, 0.1) is 5.69 Å². The van der Waals surface area contributed by atoms with E-state index in [1.54, 1.807) is 6.26 Å². The third-order valence-corrected chi connectivity index (χ3v) is 3.24. The van der Waals surface area contributed by atoms with Crippen molar-refractivity contribution in [2.24, 2.45) is 0 Å². The highest BCUT2D eigenvalue weighted by Gasteiger charge is 2.24. The van der Waals surface area contributed by atoms with Crippen molar-refractivity contribution in [3.63, 3.8) is 0 Å². The molecular formula is C12H21N3O. The monoisotopic (exact) mass is 223 g/mol. The number of aromatic nitrogens is 1. The minimum atomic E-state index is 0.606. The fourth-order valence-corrected chi connectivity index (χ4v) is 2.37. The van der Waals surface area contributed by atoms with Gasteiger partial charge in [-0.1, -0.05) is 6.92 Å². The Morgan fingerprint density at radius 1 is 1.56 bits per heavy atom. The van der Waals surface area contributed by atoms with E-state index in [4.69, 9.17) is 4.42 Å². The second-order valence-corrected chi connectivity index (χ2v) is 4.40. The minimum Gasteiger partial charge on any atom is -0.432 e. The predicted octanol–water partition coefficient (Wildman–Crippen LogP) is 2.16. The van der Waals surface area contributed by atoms with Gasteiger partial charge in [-0.05, 0) is 32.7 Å². The highest BCUT2D eigenvalue weighted by Crippen LogP contribution is 2.25. The molecule has 2 heterocycles. The maximum absolute atomic E-state index is 5.56. The van der Waals surface area contributed by atoms with Gasteiger partial charge in [0, 0.05) is 19.1 Å². The summed E-state index contributed by atoms with van der Waals surface area (Å²) in [5, 5.41) is 3.08. The Labute approximate surface area is 97.0 Å². The van der Waals surface area contributed by atoms with E-state index in [2.05, 4.69) is 22.1 Å². The van der Waals surface area contributed by atoms with Gasteiger partial charge < -0.3 is 14.6 Å². The number of nitrogens with zero attached hydrogens (tertiary/aromatic N) is 2. The molecule has 0 amide bonds. The summed E-state index contributed by atoms with van der Waals surface area (Å²) in [7, 11) is 1.92. The largest absolute Gasteiger partial charge is 0.432 e. The van der Waals surface area contributed by atoms with Crippen LogP contribution in [0.2, 0.25) is 0 Å². The van der Waals surface area contributed by atoms with E-state index in [-0.39, 0.29) is 0 Å². The topological polar surface area (TPSA) is 41.3 Å². The van der Waals surface area contributed by atoms with Crippen LogP contribution in [0.1, 0.15) is 38.3 Å². The van der Waals surface area contributed by atoms with E-state index in [0.717, 1.165) is 24.8 Å². The van der Waals surface area contributed by atoms with Crippen LogP contribution in [-0.4, -0.2) is 24.6 Å². The van der Waals surface area contributed by atoms with Crippen molar-refractivity contribution in [1.29, 1.82) is 0 Å². The zero-order valence-electron chi connectivity index (χ0n) is 10.2. The summed E-state index contributed by atoms with van der Waals surface area (Å²) >= 11 is 0. The SMILES string of the molecule is CCC1CCCCN1c1nc(CNC)co1. The molecule has 16 heavy (non-hydrogen) atoms. The van der Waals surface area contributed by atoms with Crippen molar-refractivity contribution in [2.45, 2.75) is 45.2 Å². The van der Waals surface area contributed by atoms with Crippen LogP contribution < -0.4 is 10.2 Å². The van der Waals surface area contributed by atoms with E-state index in [9.17, 15) is 0 Å². The summed E-state index contributed by atoms with van der Waals surface area (Å²) < 4.78 is 5.56. The smallest absolute Gasteiger partial charge is 0.297 e. The van der Waals surface area contributed by atoms with Gasteiger partial charge in [-0.25, -0.2) is 0 Å². The molecule has 0 aromatic carbocycles. The highest BCUT2D eigenvalue weighted by atomic mass is 16.4. The van der Waals surface area contributed by atoms with Crippen LogP contribution in [-0.2, 0) is 6.54 Å². The van der Waals surface area contributed by atoms with Crippen LogP contribution in [0.3, 0.4) is 0 Å². The van der Waals surface area contributed by atoms with E-state index in [0.29, 0.717) is 6.04 Å². The van der Waals surface area contributed by atoms with Gasteiger partial charge in [0.1, 0.15) is 6.26 Å². The van der Waals surface area contributed by atoms with Crippen LogP contribution in [0, 0.1) is 0 Å². The van der Waals surface area contributed by atoms with E-state index in [1.165, 1.54) is 25.7 Å². The van der Waals surface area contributed by atoms with Crippen LogP contribution in [0.4, 0.5) is 6.01 Å². The van der Waals surface area contributed by atoms with Gasteiger partial charge >= 0.3 is 0 Å². The number of oxazole rings is 1. The fraction of sp³-hybridized carbons (Fsp3) is 0.750. The molecule has 1 atom stereocenters. The molecule has 0 spiro atoms. The highest BCUT2D eigenvalue weighted by molar-refractivity contribution is 5.29. The molecule has 1 N–H and O–H groups in total. The summed E-state index contributed by atoms with van der Waals surface area (Å²) in [5.41, 5.74) is 0.984. The summed E-state index contributed by atoms with van der Waals surface area (Å²) in [4.78, 5) is 6.84. The third-order valence-electron chi connectivity index (χ3n) is 3.24. The van der Waals surface area contributed by atoms with Crippen molar-refractivity contribution in [3.8, 4) is 0 Å². The average molecular weight is 223 g/mol. The summed E-state index contributed by atoms with van der Waals surface area (Å²) in [5.74, 6) is 0. The zero-order valence-corrected chi connectivity index (χ0v) is 10.2. The Hall–Kier alpha value is -1.03. The summed E-state index contributed by atoms with van der Waals surface area (Å²) in [6, 6.07) is 1.41. The number of rotatable bonds is 4. The summed E-state index contributed by atoms with van der Waals surface area (Å²) in [6.07, 6.45) is 6.77. The molecule has 90 valence electrons. The van der Waals surface area contributed by atoms with Gasteiger partial charge in [0.25, 0.3) is 6.01 Å². The molecule has 1 fully saturated rings. The van der Waals surface area contributed by atoms with Gasteiger partial charge in [-0.3, -0.25) is 0 Å². The second kappa shape index (κ2) is 5.34. The molecule has 0 bridgehead atoms. The molecule has 1 saturated heterocycles. The van der Waals surface area contributed by atoms with E-state index in [1.807, 2.05) is 7.05 Å². The minimum absolute atomic E-state index is 0.606. The molecule has 0 radical (unpaired) electrons. The normalized spacial score (nSPS) is 21.4. The maximum atomic E-state index is 5.56. The lowest BCUT2D eigenvalue weighted by molar-refractivity contribution is 0.410. The first-order valence-electron chi connectivity index (χ1n) is 6.20. The van der Waals surface area contributed by atoms with Crippen molar-refractivity contribution >= 4 is 6.01 Å². The maximum Gasteiger partial charge on any atom is 0.297 e. The standard InChI is InChI=1S/C12H21N3O/c1-3-11-6-4-5-7-15(11)12-14-10(8-13-2)9-16-12/h9,11,13H,3-8H2,1-2H3. The van der Waals surface area contributed by atoms with Crippen molar-refractivity contribution in [3.05, 3.63) is 12.0 Å². The first-order chi connectivity index (χ1) is 7.85. The Balaban J connectivity index is 2.08. The molecule has 1 aliphatic rings. The first-order valence-corrected chi connectivity index (χ1v) is 6.20. The lowest BCUT2D eigenvalue weighted by Crippen LogP contribution is -2.39. The quantitative estimate of drug-likeness (QED) is 0.849. The third kappa shape index (κ3) is 2.38. The fourth-order valence-electron chi connectivity index (χ4n) is 2.37. The second-order valence-electron chi connectivity index (χ2n) is 4.40. The lowest BCUT2D eigenvalue weighted by Gasteiger charge is -2.33. The number of hydrogen-bond acceptors (Lipinski definition) is 4. The van der Waals surface area contributed by atoms with Gasteiger partial charge in [0.2, 0.25) is 0 Å². The Morgan fingerprint density at radius 3 is 3.19 bits per heavy atom. The van der Waals surface area contributed by atoms with E-state index < -0.39 is 0 Å². The molecule has 0 saturated carbocycles. The first kappa shape index (κ1) is 11.5. The molecule has 0 aliphatic carbocycles. The number of anilines is 1. The molecule has 4 heteroatoms. The van der Waals surface area contributed by atoms with Crippen LogP contribution in [0.25, 0.3) is 0 Å². The Kier molecular flexibility index (Phi) is 3.83. The zero-order chi connectivity index (χ0) is 11.4. The molecule has 1 unspecified atom stereocenters. The van der Waals surface area contributed by atoms with Crippen molar-refractivity contribution < 1.29 is 4.42 Å². The van der Waals surface area contributed by atoms with Crippen LogP contribution in [0.15, 0.2) is 10.7 Å². The van der Waals surface area contributed by atoms with E-state index >= 15 is 0 Å². The molecular weight excluding hydrogens is 202 g/mol. The summed E-state index contributed by atoms with van der Waals surface area (Å²) in [6.45, 7) is 4.09. The predicted molar refractivity (Wildman–Crippen MR) is 64.5 cm³/mol. The number of hydrogen-bond donors (Lipinski definition) is 1. The van der Waals surface area contributed by atoms with Gasteiger partial charge in [-0.15, -0.1) is 0 Å².